The normalized spacial score (nSPS) is 15.4. The second kappa shape index (κ2) is 10.4. The first-order valence-corrected chi connectivity index (χ1v) is 13.6. The number of hydrogen-bond donors (Lipinski definition) is 0. The van der Waals surface area contributed by atoms with Crippen molar-refractivity contribution in [3.8, 4) is 5.75 Å². The van der Waals surface area contributed by atoms with E-state index in [-0.39, 0.29) is 12.2 Å². The molecule has 0 N–H and O–H groups in total. The number of nitrogens with zero attached hydrogens (tertiary/aromatic N) is 2. The van der Waals surface area contributed by atoms with Crippen LogP contribution in [0, 0.1) is 0 Å². The molecule has 0 saturated heterocycles. The van der Waals surface area contributed by atoms with E-state index in [9.17, 15) is 9.59 Å². The van der Waals surface area contributed by atoms with Gasteiger partial charge in [0.15, 0.2) is 4.80 Å². The Morgan fingerprint density at radius 3 is 2.47 bits per heavy atom. The molecule has 36 heavy (non-hydrogen) atoms. The Labute approximate surface area is 223 Å². The smallest absolute Gasteiger partial charge is 0.338 e. The molecular weight excluding hydrogens is 560 g/mol. The van der Waals surface area contributed by atoms with Gasteiger partial charge in [0, 0.05) is 10.4 Å². The van der Waals surface area contributed by atoms with Crippen molar-refractivity contribution in [3.63, 3.8) is 0 Å². The topological polar surface area (TPSA) is 69.9 Å². The highest BCUT2D eigenvalue weighted by molar-refractivity contribution is 9.11. The van der Waals surface area contributed by atoms with Crippen molar-refractivity contribution in [2.24, 2.45) is 4.99 Å². The van der Waals surface area contributed by atoms with Gasteiger partial charge in [-0.25, -0.2) is 9.79 Å². The summed E-state index contributed by atoms with van der Waals surface area (Å²) in [5, 5.41) is 0. The first kappa shape index (κ1) is 24.4. The van der Waals surface area contributed by atoms with Gasteiger partial charge in [-0.1, -0.05) is 53.8 Å². The van der Waals surface area contributed by atoms with E-state index in [1.54, 1.807) is 18.6 Å². The second-order valence-electron chi connectivity index (χ2n) is 7.85. The maximum absolute atomic E-state index is 13.8. The zero-order chi connectivity index (χ0) is 25.2. The molecule has 0 radical (unpaired) electrons. The number of thiazole rings is 1. The Morgan fingerprint density at radius 2 is 1.83 bits per heavy atom. The average Bonchev–Trinajstić information content (AvgIpc) is 3.45. The van der Waals surface area contributed by atoms with E-state index in [1.807, 2.05) is 72.8 Å². The SMILES string of the molecule is CCOC(=O)C1=C(c2ccccc2)N=c2s/c(=C/c3ccc(Br)s3)c(=O)n2C1c1ccc(OC)cc1. The summed E-state index contributed by atoms with van der Waals surface area (Å²) in [7, 11) is 1.60. The fourth-order valence-corrected chi connectivity index (χ4v) is 6.51. The Kier molecular flexibility index (Phi) is 7.04. The van der Waals surface area contributed by atoms with Crippen LogP contribution in [0.4, 0.5) is 0 Å². The molecule has 6 nitrogen and oxygen atoms in total. The van der Waals surface area contributed by atoms with Gasteiger partial charge in [-0.2, -0.15) is 0 Å². The van der Waals surface area contributed by atoms with Crippen LogP contribution < -0.4 is 19.6 Å². The highest BCUT2D eigenvalue weighted by Crippen LogP contribution is 2.35. The third-order valence-corrected chi connectivity index (χ3v) is 8.23. The van der Waals surface area contributed by atoms with Gasteiger partial charge in [0.05, 0.1) is 39.3 Å². The molecule has 182 valence electrons. The average molecular weight is 582 g/mol. The van der Waals surface area contributed by atoms with Gasteiger partial charge in [-0.05, 0) is 58.8 Å². The van der Waals surface area contributed by atoms with E-state index < -0.39 is 12.0 Å². The van der Waals surface area contributed by atoms with Gasteiger partial charge in [-0.15, -0.1) is 11.3 Å². The van der Waals surface area contributed by atoms with Gasteiger partial charge in [0.25, 0.3) is 5.56 Å². The number of carbonyl (C=O) groups is 1. The molecule has 1 aliphatic heterocycles. The van der Waals surface area contributed by atoms with Crippen molar-refractivity contribution in [3.05, 3.63) is 112 Å². The zero-order valence-electron chi connectivity index (χ0n) is 19.4. The summed E-state index contributed by atoms with van der Waals surface area (Å²) >= 11 is 6.32. The molecule has 3 heterocycles. The molecule has 2 aromatic heterocycles. The maximum atomic E-state index is 13.8. The lowest BCUT2D eigenvalue weighted by molar-refractivity contribution is -0.138. The number of halogens is 1. The zero-order valence-corrected chi connectivity index (χ0v) is 22.7. The third-order valence-electron chi connectivity index (χ3n) is 5.67. The summed E-state index contributed by atoms with van der Waals surface area (Å²) in [6.07, 6.45) is 1.86. The maximum Gasteiger partial charge on any atom is 0.338 e. The minimum Gasteiger partial charge on any atom is -0.497 e. The number of aromatic nitrogens is 1. The van der Waals surface area contributed by atoms with Crippen LogP contribution in [-0.4, -0.2) is 24.3 Å². The summed E-state index contributed by atoms with van der Waals surface area (Å²) in [5.41, 5.74) is 2.15. The lowest BCUT2D eigenvalue weighted by Crippen LogP contribution is -2.39. The van der Waals surface area contributed by atoms with E-state index in [0.29, 0.717) is 26.4 Å². The number of hydrogen-bond acceptors (Lipinski definition) is 7. The number of fused-ring (bicyclic) bond motifs is 1. The van der Waals surface area contributed by atoms with Crippen LogP contribution in [0.1, 0.15) is 29.0 Å². The van der Waals surface area contributed by atoms with Crippen LogP contribution in [0.25, 0.3) is 11.8 Å². The third kappa shape index (κ3) is 4.61. The Bertz CT molecular complexity index is 1630. The lowest BCUT2D eigenvalue weighted by atomic mass is 9.93. The van der Waals surface area contributed by atoms with Crippen molar-refractivity contribution >= 4 is 56.3 Å². The quantitative estimate of drug-likeness (QED) is 0.308. The molecule has 0 fully saturated rings. The van der Waals surface area contributed by atoms with Crippen LogP contribution in [0.3, 0.4) is 0 Å². The minimum atomic E-state index is -0.710. The monoisotopic (exact) mass is 580 g/mol. The fourth-order valence-electron chi connectivity index (χ4n) is 4.08. The lowest BCUT2D eigenvalue weighted by Gasteiger charge is -2.26. The minimum absolute atomic E-state index is 0.206. The summed E-state index contributed by atoms with van der Waals surface area (Å²) < 4.78 is 13.9. The standard InChI is InChI=1S/C27H21BrN2O4S2/c1-3-34-26(32)22-23(16-7-5-4-6-8-16)29-27-30(24(22)17-9-11-18(33-2)12-10-17)25(31)20(36-27)15-19-13-14-21(28)35-19/h4-15,24H,3H2,1-2H3/b20-15+. The number of methoxy groups -OCH3 is 1. The number of carbonyl (C=O) groups excluding carboxylic acids is 1. The molecule has 1 unspecified atom stereocenters. The van der Waals surface area contributed by atoms with E-state index >= 15 is 0 Å². The van der Waals surface area contributed by atoms with E-state index in [1.165, 1.54) is 22.7 Å². The molecule has 0 spiro atoms. The number of esters is 1. The summed E-state index contributed by atoms with van der Waals surface area (Å²) in [4.78, 5) is 33.5. The van der Waals surface area contributed by atoms with Crippen molar-refractivity contribution < 1.29 is 14.3 Å². The Balaban J connectivity index is 1.82. The number of benzene rings is 2. The number of rotatable bonds is 6. The summed E-state index contributed by atoms with van der Waals surface area (Å²) in [5.74, 6) is 0.178. The Morgan fingerprint density at radius 1 is 1.08 bits per heavy atom. The fraction of sp³-hybridized carbons (Fsp3) is 0.148. The molecule has 1 atom stereocenters. The predicted octanol–water partition coefficient (Wildman–Crippen LogP) is 4.77. The van der Waals surface area contributed by atoms with Gasteiger partial charge in [0.2, 0.25) is 0 Å². The van der Waals surface area contributed by atoms with E-state index in [2.05, 4.69) is 15.9 Å². The van der Waals surface area contributed by atoms with Gasteiger partial charge < -0.3 is 9.47 Å². The first-order valence-electron chi connectivity index (χ1n) is 11.2. The van der Waals surface area contributed by atoms with Crippen LogP contribution in [-0.2, 0) is 9.53 Å². The van der Waals surface area contributed by atoms with Gasteiger partial charge >= 0.3 is 5.97 Å². The molecule has 0 aliphatic carbocycles. The Hall–Kier alpha value is -3.27. The number of ether oxygens (including phenoxy) is 2. The highest BCUT2D eigenvalue weighted by Gasteiger charge is 2.35. The van der Waals surface area contributed by atoms with Crippen LogP contribution in [0.15, 0.2) is 85.9 Å². The van der Waals surface area contributed by atoms with Crippen LogP contribution >= 0.6 is 38.6 Å². The van der Waals surface area contributed by atoms with Crippen LogP contribution in [0.2, 0.25) is 0 Å². The molecule has 0 bridgehead atoms. The molecule has 1 aliphatic rings. The van der Waals surface area contributed by atoms with E-state index in [4.69, 9.17) is 14.5 Å². The molecule has 9 heteroatoms. The predicted molar refractivity (Wildman–Crippen MR) is 146 cm³/mol. The first-order chi connectivity index (χ1) is 17.5. The van der Waals surface area contributed by atoms with Crippen molar-refractivity contribution in [2.45, 2.75) is 13.0 Å². The summed E-state index contributed by atoms with van der Waals surface area (Å²) in [6, 6.07) is 20.1. The second-order valence-corrected chi connectivity index (χ2v) is 11.4. The number of thiophene rings is 1. The van der Waals surface area contributed by atoms with Crippen molar-refractivity contribution in [1.29, 1.82) is 0 Å². The molecule has 5 rings (SSSR count). The van der Waals surface area contributed by atoms with Crippen molar-refractivity contribution in [2.75, 3.05) is 13.7 Å². The van der Waals surface area contributed by atoms with Gasteiger partial charge in [-0.3, -0.25) is 9.36 Å². The van der Waals surface area contributed by atoms with E-state index in [0.717, 1.165) is 19.8 Å². The van der Waals surface area contributed by atoms with Crippen molar-refractivity contribution in [1.82, 2.24) is 4.57 Å². The highest BCUT2D eigenvalue weighted by atomic mass is 79.9. The van der Waals surface area contributed by atoms with Gasteiger partial charge in [0.1, 0.15) is 5.75 Å². The molecule has 0 amide bonds. The molecule has 4 aromatic rings. The van der Waals surface area contributed by atoms with Crippen LogP contribution in [0.5, 0.6) is 5.75 Å². The molecule has 2 aromatic carbocycles. The molecule has 0 saturated carbocycles. The summed E-state index contributed by atoms with van der Waals surface area (Å²) in [6.45, 7) is 1.97. The molecular formula is C27H21BrN2O4S2. The largest absolute Gasteiger partial charge is 0.497 e.